The summed E-state index contributed by atoms with van der Waals surface area (Å²) in [7, 11) is 1.59. The molecule has 0 bridgehead atoms. The molecule has 1 aromatic carbocycles. The summed E-state index contributed by atoms with van der Waals surface area (Å²) < 4.78 is 8.59. The highest BCUT2D eigenvalue weighted by molar-refractivity contribution is 9.10. The van der Waals surface area contributed by atoms with Gasteiger partial charge in [-0.2, -0.15) is 0 Å². The maximum Gasteiger partial charge on any atom is 0.331 e. The summed E-state index contributed by atoms with van der Waals surface area (Å²) in [5.41, 5.74) is 5.65. The minimum atomic E-state index is -0.361. The minimum absolute atomic E-state index is 0.213. The van der Waals surface area contributed by atoms with E-state index in [-0.39, 0.29) is 24.3 Å². The number of rotatable bonds is 5. The van der Waals surface area contributed by atoms with Crippen LogP contribution in [0.15, 0.2) is 44.5 Å². The van der Waals surface area contributed by atoms with Crippen molar-refractivity contribution in [2.24, 2.45) is 5.73 Å². The molecule has 2 N–H and O–H groups in total. The predicted octanol–water partition coefficient (Wildman–Crippen LogP) is 0.788. The zero-order chi connectivity index (χ0) is 15.4. The van der Waals surface area contributed by atoms with Gasteiger partial charge in [-0.1, -0.05) is 6.07 Å². The Morgan fingerprint density at radius 1 is 1.29 bits per heavy atom. The maximum absolute atomic E-state index is 12.2. The van der Waals surface area contributed by atoms with E-state index in [9.17, 15) is 9.59 Å². The first-order valence-corrected chi connectivity index (χ1v) is 7.19. The van der Waals surface area contributed by atoms with Crippen LogP contribution in [-0.4, -0.2) is 22.8 Å². The van der Waals surface area contributed by atoms with E-state index >= 15 is 0 Å². The van der Waals surface area contributed by atoms with Crippen LogP contribution in [0.1, 0.15) is 5.56 Å². The number of halogens is 1. The van der Waals surface area contributed by atoms with Crippen LogP contribution in [0, 0.1) is 0 Å². The van der Waals surface area contributed by atoms with Crippen molar-refractivity contribution < 1.29 is 4.74 Å². The normalized spacial score (nSPS) is 10.6. The van der Waals surface area contributed by atoms with Crippen molar-refractivity contribution in [3.05, 3.63) is 61.3 Å². The monoisotopic (exact) mass is 353 g/mol. The Balaban J connectivity index is 2.36. The number of hydrogen-bond donors (Lipinski definition) is 1. The van der Waals surface area contributed by atoms with E-state index in [1.165, 1.54) is 16.8 Å². The molecule has 0 spiro atoms. The number of ether oxygens (including phenoxy) is 1. The van der Waals surface area contributed by atoms with E-state index in [1.54, 1.807) is 7.11 Å². The van der Waals surface area contributed by atoms with Gasteiger partial charge in [-0.15, -0.1) is 0 Å². The van der Waals surface area contributed by atoms with E-state index in [1.807, 2.05) is 18.2 Å². The van der Waals surface area contributed by atoms with Crippen molar-refractivity contribution in [2.75, 3.05) is 13.7 Å². The summed E-state index contributed by atoms with van der Waals surface area (Å²) in [6.07, 6.45) is 1.50. The molecule has 0 aliphatic carbocycles. The molecular formula is C14H16BrN3O3. The zero-order valence-electron chi connectivity index (χ0n) is 11.6. The lowest BCUT2D eigenvalue weighted by molar-refractivity contribution is 0.412. The van der Waals surface area contributed by atoms with Crippen LogP contribution in [0.2, 0.25) is 0 Å². The second kappa shape index (κ2) is 6.73. The van der Waals surface area contributed by atoms with Crippen molar-refractivity contribution in [1.29, 1.82) is 0 Å². The van der Waals surface area contributed by atoms with Gasteiger partial charge in [0.1, 0.15) is 5.75 Å². The Hall–Kier alpha value is -1.86. The summed E-state index contributed by atoms with van der Waals surface area (Å²) in [4.78, 5) is 23.9. The number of aromatic nitrogens is 2. The van der Waals surface area contributed by atoms with Crippen LogP contribution < -0.4 is 21.7 Å². The molecule has 2 aromatic rings. The molecule has 0 saturated heterocycles. The number of benzene rings is 1. The summed E-state index contributed by atoms with van der Waals surface area (Å²) in [5.74, 6) is 0.721. The van der Waals surface area contributed by atoms with Crippen molar-refractivity contribution >= 4 is 15.9 Å². The molecule has 6 nitrogen and oxygen atoms in total. The summed E-state index contributed by atoms with van der Waals surface area (Å²) >= 11 is 3.41. The van der Waals surface area contributed by atoms with Gasteiger partial charge in [0.15, 0.2) is 0 Å². The molecule has 1 heterocycles. The molecule has 0 aliphatic heterocycles. The van der Waals surface area contributed by atoms with Crippen LogP contribution >= 0.6 is 15.9 Å². The van der Waals surface area contributed by atoms with Gasteiger partial charge < -0.3 is 10.5 Å². The third-order valence-corrected chi connectivity index (χ3v) is 3.68. The first-order valence-electron chi connectivity index (χ1n) is 6.39. The lowest BCUT2D eigenvalue weighted by Gasteiger charge is -2.10. The van der Waals surface area contributed by atoms with Gasteiger partial charge in [-0.25, -0.2) is 4.79 Å². The van der Waals surface area contributed by atoms with Gasteiger partial charge in [0, 0.05) is 25.4 Å². The first-order chi connectivity index (χ1) is 10.1. The molecule has 0 amide bonds. The predicted molar refractivity (Wildman–Crippen MR) is 83.8 cm³/mol. The number of nitrogens with two attached hydrogens (primary N) is 1. The molecule has 0 saturated carbocycles. The molecule has 0 unspecified atom stereocenters. The minimum Gasteiger partial charge on any atom is -0.496 e. The average molecular weight is 354 g/mol. The Morgan fingerprint density at radius 3 is 2.67 bits per heavy atom. The van der Waals surface area contributed by atoms with E-state index < -0.39 is 0 Å². The second-order valence-corrected chi connectivity index (χ2v) is 5.33. The third-order valence-electron chi connectivity index (χ3n) is 3.06. The largest absolute Gasteiger partial charge is 0.496 e. The van der Waals surface area contributed by atoms with Crippen LogP contribution in [0.25, 0.3) is 0 Å². The van der Waals surface area contributed by atoms with Gasteiger partial charge in [0.05, 0.1) is 18.1 Å². The Kier molecular flexibility index (Phi) is 4.98. The van der Waals surface area contributed by atoms with Crippen LogP contribution in [0.3, 0.4) is 0 Å². The molecule has 7 heteroatoms. The maximum atomic E-state index is 12.2. The lowest BCUT2D eigenvalue weighted by atomic mass is 10.2. The van der Waals surface area contributed by atoms with Crippen molar-refractivity contribution in [1.82, 2.24) is 9.13 Å². The van der Waals surface area contributed by atoms with Crippen molar-refractivity contribution in [3.63, 3.8) is 0 Å². The average Bonchev–Trinajstić information content (AvgIpc) is 2.47. The fourth-order valence-electron chi connectivity index (χ4n) is 2.02. The fourth-order valence-corrected chi connectivity index (χ4v) is 2.61. The highest BCUT2D eigenvalue weighted by Gasteiger charge is 2.07. The SMILES string of the molecule is COc1ccc(Cn2ccc(=O)n(CCN)c2=O)cc1Br. The molecule has 0 aliphatic rings. The second-order valence-electron chi connectivity index (χ2n) is 4.47. The fraction of sp³-hybridized carbons (Fsp3) is 0.286. The molecule has 21 heavy (non-hydrogen) atoms. The van der Waals surface area contributed by atoms with Crippen LogP contribution in [0.4, 0.5) is 0 Å². The molecule has 112 valence electrons. The standard InChI is InChI=1S/C14H16BrN3O3/c1-21-12-3-2-10(8-11(12)15)9-17-6-4-13(19)18(7-5-16)14(17)20/h2-4,6,8H,5,7,9,16H2,1H3. The van der Waals surface area contributed by atoms with Crippen molar-refractivity contribution in [2.45, 2.75) is 13.1 Å². The van der Waals surface area contributed by atoms with E-state index in [0.29, 0.717) is 6.54 Å². The summed E-state index contributed by atoms with van der Waals surface area (Å²) in [5, 5.41) is 0. The summed E-state index contributed by atoms with van der Waals surface area (Å²) in [6.45, 7) is 0.824. The van der Waals surface area contributed by atoms with E-state index in [0.717, 1.165) is 20.4 Å². The highest BCUT2D eigenvalue weighted by atomic mass is 79.9. The molecule has 1 aromatic heterocycles. The third kappa shape index (κ3) is 3.43. The number of nitrogens with zero attached hydrogens (tertiary/aromatic N) is 2. The van der Waals surface area contributed by atoms with E-state index in [2.05, 4.69) is 15.9 Å². The van der Waals surface area contributed by atoms with Gasteiger partial charge in [-0.3, -0.25) is 13.9 Å². The molecule has 2 rings (SSSR count). The quantitative estimate of drug-likeness (QED) is 0.861. The smallest absolute Gasteiger partial charge is 0.331 e. The highest BCUT2D eigenvalue weighted by Crippen LogP contribution is 2.25. The zero-order valence-corrected chi connectivity index (χ0v) is 13.2. The van der Waals surface area contributed by atoms with Gasteiger partial charge in [0.2, 0.25) is 0 Å². The van der Waals surface area contributed by atoms with E-state index in [4.69, 9.17) is 10.5 Å². The van der Waals surface area contributed by atoms with Crippen molar-refractivity contribution in [3.8, 4) is 5.75 Å². The molecule has 0 fully saturated rings. The first kappa shape index (κ1) is 15.5. The summed E-state index contributed by atoms with van der Waals surface area (Å²) in [6, 6.07) is 6.94. The van der Waals surface area contributed by atoms with Gasteiger partial charge in [-0.05, 0) is 33.6 Å². The topological polar surface area (TPSA) is 79.2 Å². The molecular weight excluding hydrogens is 338 g/mol. The number of hydrogen-bond acceptors (Lipinski definition) is 4. The molecule has 0 atom stereocenters. The Morgan fingerprint density at radius 2 is 2.05 bits per heavy atom. The molecule has 0 radical (unpaired) electrons. The van der Waals surface area contributed by atoms with Crippen LogP contribution in [0.5, 0.6) is 5.75 Å². The van der Waals surface area contributed by atoms with Gasteiger partial charge in [0.25, 0.3) is 5.56 Å². The number of methoxy groups -OCH3 is 1. The lowest BCUT2D eigenvalue weighted by Crippen LogP contribution is -2.40. The van der Waals surface area contributed by atoms with Gasteiger partial charge >= 0.3 is 5.69 Å². The van der Waals surface area contributed by atoms with Crippen LogP contribution in [-0.2, 0) is 13.1 Å². The Labute approximate surface area is 129 Å². The Bertz CT molecular complexity index is 752.